The van der Waals surface area contributed by atoms with Gasteiger partial charge in [-0.1, -0.05) is 0 Å². The van der Waals surface area contributed by atoms with Crippen LogP contribution in [0.4, 0.5) is 0 Å². The Labute approximate surface area is 62.2 Å². The van der Waals surface area contributed by atoms with Gasteiger partial charge >= 0.3 is 0 Å². The molecule has 0 spiro atoms. The Hall–Kier alpha value is 0.210. The van der Waals surface area contributed by atoms with Crippen LogP contribution in [0.1, 0.15) is 19.8 Å². The van der Waals surface area contributed by atoms with Gasteiger partial charge in [-0.2, -0.15) is 0 Å². The predicted molar refractivity (Wildman–Crippen MR) is 39.9 cm³/mol. The molecule has 1 aliphatic rings. The van der Waals surface area contributed by atoms with E-state index in [1.807, 2.05) is 6.92 Å². The molecule has 1 aliphatic carbocycles. The first-order valence-electron chi connectivity index (χ1n) is 3.17. The van der Waals surface area contributed by atoms with E-state index in [-0.39, 0.29) is 18.0 Å². The lowest BCUT2D eigenvalue weighted by molar-refractivity contribution is 0.0487. The highest BCUT2D eigenvalue weighted by molar-refractivity contribution is 5.85. The van der Waals surface area contributed by atoms with Crippen molar-refractivity contribution in [2.24, 2.45) is 5.73 Å². The van der Waals surface area contributed by atoms with E-state index in [2.05, 4.69) is 0 Å². The average Bonchev–Trinajstić information content (AvgIpc) is 2.50. The van der Waals surface area contributed by atoms with Crippen molar-refractivity contribution >= 4 is 12.4 Å². The summed E-state index contributed by atoms with van der Waals surface area (Å²) in [5.41, 5.74) is 5.55. The van der Waals surface area contributed by atoms with Gasteiger partial charge in [-0.05, 0) is 19.8 Å². The number of ether oxygens (including phenoxy) is 1. The molecule has 0 bridgehead atoms. The number of rotatable bonds is 3. The molecule has 0 radical (unpaired) electrons. The molecule has 2 nitrogen and oxygen atoms in total. The predicted octanol–water partition coefficient (Wildman–Crippen LogP) is 0.936. The lowest BCUT2D eigenvalue weighted by atomic mass is 10.3. The highest BCUT2D eigenvalue weighted by atomic mass is 35.5. The second kappa shape index (κ2) is 3.40. The lowest BCUT2D eigenvalue weighted by Gasteiger charge is -2.10. The van der Waals surface area contributed by atoms with Crippen molar-refractivity contribution in [2.45, 2.75) is 25.4 Å². The first kappa shape index (κ1) is 9.21. The third-order valence-corrected chi connectivity index (χ3v) is 1.63. The molecule has 0 aromatic heterocycles. The summed E-state index contributed by atoms with van der Waals surface area (Å²) in [4.78, 5) is 0. The van der Waals surface area contributed by atoms with Crippen molar-refractivity contribution in [3.05, 3.63) is 0 Å². The van der Waals surface area contributed by atoms with E-state index >= 15 is 0 Å². The van der Waals surface area contributed by atoms with Crippen molar-refractivity contribution in [2.75, 3.05) is 13.2 Å². The van der Waals surface area contributed by atoms with Crippen LogP contribution in [0.2, 0.25) is 0 Å². The summed E-state index contributed by atoms with van der Waals surface area (Å²) in [5, 5.41) is 0. The zero-order valence-electron chi connectivity index (χ0n) is 5.72. The fraction of sp³-hybridized carbons (Fsp3) is 1.00. The molecule has 1 rings (SSSR count). The molecule has 1 saturated carbocycles. The Kier molecular flexibility index (Phi) is 3.48. The van der Waals surface area contributed by atoms with Gasteiger partial charge < -0.3 is 10.5 Å². The fourth-order valence-corrected chi connectivity index (χ4v) is 0.853. The van der Waals surface area contributed by atoms with Crippen molar-refractivity contribution < 1.29 is 4.74 Å². The molecule has 9 heavy (non-hydrogen) atoms. The summed E-state index contributed by atoms with van der Waals surface area (Å²) in [7, 11) is 0. The van der Waals surface area contributed by atoms with Gasteiger partial charge in [0.05, 0.1) is 5.60 Å². The van der Waals surface area contributed by atoms with E-state index < -0.39 is 0 Å². The Balaban J connectivity index is 0.000000640. The summed E-state index contributed by atoms with van der Waals surface area (Å²) < 4.78 is 5.36. The van der Waals surface area contributed by atoms with E-state index in [0.29, 0.717) is 6.54 Å². The molecule has 0 aromatic rings. The van der Waals surface area contributed by atoms with Gasteiger partial charge in [0.2, 0.25) is 0 Å². The normalized spacial score (nSPS) is 20.7. The maximum absolute atomic E-state index is 5.43. The van der Waals surface area contributed by atoms with E-state index in [4.69, 9.17) is 10.5 Å². The molecular formula is C6H14ClNO. The van der Waals surface area contributed by atoms with E-state index in [9.17, 15) is 0 Å². The fourth-order valence-electron chi connectivity index (χ4n) is 0.853. The second-order valence-corrected chi connectivity index (χ2v) is 2.32. The first-order chi connectivity index (χ1) is 3.83. The molecule has 0 saturated heterocycles. The van der Waals surface area contributed by atoms with E-state index in [1.165, 1.54) is 0 Å². The van der Waals surface area contributed by atoms with Crippen LogP contribution in [-0.2, 0) is 4.74 Å². The van der Waals surface area contributed by atoms with Crippen LogP contribution in [-0.4, -0.2) is 18.8 Å². The van der Waals surface area contributed by atoms with Crippen LogP contribution < -0.4 is 5.73 Å². The highest BCUT2D eigenvalue weighted by Crippen LogP contribution is 2.37. The molecule has 0 aliphatic heterocycles. The Morgan fingerprint density at radius 3 is 2.22 bits per heavy atom. The summed E-state index contributed by atoms with van der Waals surface area (Å²) >= 11 is 0. The molecule has 56 valence electrons. The minimum absolute atomic E-state index is 0. The van der Waals surface area contributed by atoms with Gasteiger partial charge in [0.25, 0.3) is 0 Å². The van der Waals surface area contributed by atoms with Crippen molar-refractivity contribution in [1.82, 2.24) is 0 Å². The Bertz CT molecular complexity index is 83.1. The summed E-state index contributed by atoms with van der Waals surface area (Å²) in [6, 6.07) is 0. The molecule has 3 heteroatoms. The summed E-state index contributed by atoms with van der Waals surface area (Å²) in [6.45, 7) is 3.51. The van der Waals surface area contributed by atoms with Crippen LogP contribution in [0.3, 0.4) is 0 Å². The number of halogens is 1. The minimum Gasteiger partial charge on any atom is -0.374 e. The van der Waals surface area contributed by atoms with Gasteiger partial charge in [-0.25, -0.2) is 0 Å². The molecule has 0 atom stereocenters. The minimum atomic E-state index is 0. The molecule has 0 amide bonds. The zero-order valence-corrected chi connectivity index (χ0v) is 6.54. The maximum atomic E-state index is 5.43. The van der Waals surface area contributed by atoms with Crippen LogP contribution in [0.25, 0.3) is 0 Å². The Morgan fingerprint density at radius 1 is 1.56 bits per heavy atom. The molecular weight excluding hydrogens is 138 g/mol. The SMILES string of the molecule is CCOC1(CN)CC1.Cl. The van der Waals surface area contributed by atoms with Gasteiger partial charge in [0, 0.05) is 13.2 Å². The van der Waals surface area contributed by atoms with Crippen LogP contribution in [0.5, 0.6) is 0 Å². The Morgan fingerprint density at radius 2 is 2.11 bits per heavy atom. The monoisotopic (exact) mass is 151 g/mol. The smallest absolute Gasteiger partial charge is 0.0806 e. The van der Waals surface area contributed by atoms with Gasteiger partial charge in [-0.3, -0.25) is 0 Å². The summed E-state index contributed by atoms with van der Waals surface area (Å²) in [5.74, 6) is 0. The van der Waals surface area contributed by atoms with Crippen molar-refractivity contribution in [3.8, 4) is 0 Å². The highest BCUT2D eigenvalue weighted by Gasteiger charge is 2.41. The first-order valence-corrected chi connectivity index (χ1v) is 3.17. The molecule has 0 aromatic carbocycles. The van der Waals surface area contributed by atoms with Gasteiger partial charge in [-0.15, -0.1) is 12.4 Å². The van der Waals surface area contributed by atoms with E-state index in [1.54, 1.807) is 0 Å². The third-order valence-electron chi connectivity index (χ3n) is 1.63. The average molecular weight is 152 g/mol. The lowest BCUT2D eigenvalue weighted by Crippen LogP contribution is -2.25. The standard InChI is InChI=1S/C6H13NO.ClH/c1-2-8-6(5-7)3-4-6;/h2-5,7H2,1H3;1H. The molecule has 0 unspecified atom stereocenters. The number of hydrogen-bond donors (Lipinski definition) is 1. The summed E-state index contributed by atoms with van der Waals surface area (Å²) in [6.07, 6.45) is 2.33. The zero-order chi connectivity index (χ0) is 6.04. The quantitative estimate of drug-likeness (QED) is 0.652. The van der Waals surface area contributed by atoms with Crippen molar-refractivity contribution in [3.63, 3.8) is 0 Å². The third kappa shape index (κ3) is 2.12. The molecule has 0 heterocycles. The van der Waals surface area contributed by atoms with Crippen LogP contribution in [0, 0.1) is 0 Å². The topological polar surface area (TPSA) is 35.2 Å². The number of nitrogens with two attached hydrogens (primary N) is 1. The molecule has 2 N–H and O–H groups in total. The largest absolute Gasteiger partial charge is 0.374 e. The van der Waals surface area contributed by atoms with Gasteiger partial charge in [0.1, 0.15) is 0 Å². The van der Waals surface area contributed by atoms with Gasteiger partial charge in [0.15, 0.2) is 0 Å². The molecule has 1 fully saturated rings. The van der Waals surface area contributed by atoms with E-state index in [0.717, 1.165) is 19.4 Å². The van der Waals surface area contributed by atoms with Crippen LogP contribution in [0.15, 0.2) is 0 Å². The second-order valence-electron chi connectivity index (χ2n) is 2.32. The van der Waals surface area contributed by atoms with Crippen LogP contribution >= 0.6 is 12.4 Å². The maximum Gasteiger partial charge on any atom is 0.0806 e. The number of hydrogen-bond acceptors (Lipinski definition) is 2. The van der Waals surface area contributed by atoms with Crippen molar-refractivity contribution in [1.29, 1.82) is 0 Å².